The summed E-state index contributed by atoms with van der Waals surface area (Å²) >= 11 is 3.42. The van der Waals surface area contributed by atoms with Crippen molar-refractivity contribution in [3.8, 4) is 5.75 Å². The summed E-state index contributed by atoms with van der Waals surface area (Å²) in [6.07, 6.45) is 0. The topological polar surface area (TPSA) is 77.1 Å². The van der Waals surface area contributed by atoms with Crippen molar-refractivity contribution in [2.75, 3.05) is 51.9 Å². The number of hydrogen-bond acceptors (Lipinski definition) is 5. The Bertz CT molecular complexity index is 851. The highest BCUT2D eigenvalue weighted by atomic mass is 79.9. The zero-order valence-electron chi connectivity index (χ0n) is 16.2. The lowest BCUT2D eigenvalue weighted by atomic mass is 10.1. The van der Waals surface area contributed by atoms with E-state index in [1.165, 1.54) is 0 Å². The summed E-state index contributed by atoms with van der Waals surface area (Å²) in [5, 5.41) is 2.84. The van der Waals surface area contributed by atoms with Gasteiger partial charge in [0, 0.05) is 37.0 Å². The lowest BCUT2D eigenvalue weighted by Crippen LogP contribution is -2.40. The number of anilines is 1. The van der Waals surface area contributed by atoms with Crippen LogP contribution in [0.3, 0.4) is 0 Å². The molecule has 0 saturated carbocycles. The van der Waals surface area contributed by atoms with Gasteiger partial charge in [-0.3, -0.25) is 9.59 Å². The fraction of sp³-hybridized carbons (Fsp3) is 0.333. The summed E-state index contributed by atoms with van der Waals surface area (Å²) in [6, 6.07) is 12.0. The van der Waals surface area contributed by atoms with Crippen LogP contribution in [0.25, 0.3) is 0 Å². The number of hydrogen-bond donors (Lipinski definition) is 1. The second kappa shape index (κ2) is 10.4. The number of carbonyl (C=O) groups is 2. The van der Waals surface area contributed by atoms with Crippen LogP contribution in [-0.2, 0) is 9.47 Å². The summed E-state index contributed by atoms with van der Waals surface area (Å²) in [5.41, 5.74) is 1.69. The van der Waals surface area contributed by atoms with Crippen LogP contribution in [0.5, 0.6) is 5.75 Å². The lowest BCUT2D eigenvalue weighted by molar-refractivity contribution is 0.0303. The third-order valence-corrected chi connectivity index (χ3v) is 5.05. The van der Waals surface area contributed by atoms with Crippen LogP contribution in [0.4, 0.5) is 5.69 Å². The quantitative estimate of drug-likeness (QED) is 0.639. The van der Waals surface area contributed by atoms with Crippen molar-refractivity contribution in [2.45, 2.75) is 0 Å². The molecule has 0 unspecified atom stereocenters. The van der Waals surface area contributed by atoms with Gasteiger partial charge in [0.15, 0.2) is 0 Å². The van der Waals surface area contributed by atoms with Gasteiger partial charge in [-0.2, -0.15) is 0 Å². The molecule has 0 bridgehead atoms. The monoisotopic (exact) mass is 462 g/mol. The van der Waals surface area contributed by atoms with Gasteiger partial charge in [-0.15, -0.1) is 0 Å². The first-order chi connectivity index (χ1) is 14.1. The number of ether oxygens (including phenoxy) is 3. The van der Waals surface area contributed by atoms with Gasteiger partial charge in [-0.25, -0.2) is 0 Å². The van der Waals surface area contributed by atoms with Crippen molar-refractivity contribution in [2.24, 2.45) is 0 Å². The van der Waals surface area contributed by atoms with Crippen molar-refractivity contribution < 1.29 is 23.8 Å². The van der Waals surface area contributed by atoms with Crippen molar-refractivity contribution in [1.29, 1.82) is 0 Å². The molecule has 2 aromatic carbocycles. The SMILES string of the molecule is COCCOc1ccc(C(=O)Nc2ccc(C(=O)N3CCOCC3)cc2)cc1Br. The maximum absolute atomic E-state index is 12.5. The molecule has 0 aromatic heterocycles. The second-order valence-corrected chi connectivity index (χ2v) is 7.28. The number of morpholine rings is 1. The molecule has 1 saturated heterocycles. The Morgan fingerprint density at radius 1 is 1.07 bits per heavy atom. The number of methoxy groups -OCH3 is 1. The summed E-state index contributed by atoms with van der Waals surface area (Å²) in [6.45, 7) is 3.22. The third-order valence-electron chi connectivity index (χ3n) is 4.43. The molecule has 1 fully saturated rings. The number of benzene rings is 2. The number of rotatable bonds is 7. The first kappa shape index (κ1) is 21.3. The van der Waals surface area contributed by atoms with Gasteiger partial charge in [0.1, 0.15) is 12.4 Å². The van der Waals surface area contributed by atoms with Crippen molar-refractivity contribution in [3.63, 3.8) is 0 Å². The van der Waals surface area contributed by atoms with Crippen molar-refractivity contribution >= 4 is 33.4 Å². The average molecular weight is 463 g/mol. The molecule has 8 heteroatoms. The van der Waals surface area contributed by atoms with Gasteiger partial charge in [-0.1, -0.05) is 0 Å². The molecular formula is C21H23BrN2O5. The Balaban J connectivity index is 1.60. The van der Waals surface area contributed by atoms with Crippen molar-refractivity contribution in [1.82, 2.24) is 4.90 Å². The fourth-order valence-electron chi connectivity index (χ4n) is 2.84. The molecule has 1 heterocycles. The smallest absolute Gasteiger partial charge is 0.255 e. The van der Waals surface area contributed by atoms with Crippen LogP contribution in [-0.4, -0.2) is 63.3 Å². The molecule has 0 spiro atoms. The predicted molar refractivity (Wildman–Crippen MR) is 113 cm³/mol. The number of amides is 2. The Kier molecular flexibility index (Phi) is 7.62. The van der Waals surface area contributed by atoms with Crippen LogP contribution in [0.1, 0.15) is 20.7 Å². The average Bonchev–Trinajstić information content (AvgIpc) is 2.75. The Morgan fingerprint density at radius 3 is 2.41 bits per heavy atom. The van der Waals surface area contributed by atoms with E-state index < -0.39 is 0 Å². The molecule has 1 aliphatic rings. The Morgan fingerprint density at radius 2 is 1.76 bits per heavy atom. The fourth-order valence-corrected chi connectivity index (χ4v) is 3.34. The van der Waals surface area contributed by atoms with Crippen LogP contribution in [0.15, 0.2) is 46.9 Å². The summed E-state index contributed by atoms with van der Waals surface area (Å²) < 4.78 is 16.5. The number of halogens is 1. The van der Waals surface area contributed by atoms with Gasteiger partial charge in [0.05, 0.1) is 24.3 Å². The van der Waals surface area contributed by atoms with Crippen LogP contribution < -0.4 is 10.1 Å². The molecule has 1 N–H and O–H groups in total. The number of nitrogens with zero attached hydrogens (tertiary/aromatic N) is 1. The predicted octanol–water partition coefficient (Wildman–Crippen LogP) is 3.20. The van der Waals surface area contributed by atoms with E-state index in [1.807, 2.05) is 0 Å². The second-order valence-electron chi connectivity index (χ2n) is 6.42. The molecule has 2 amide bonds. The maximum atomic E-state index is 12.5. The van der Waals surface area contributed by atoms with Gasteiger partial charge in [0.2, 0.25) is 0 Å². The van der Waals surface area contributed by atoms with E-state index >= 15 is 0 Å². The highest BCUT2D eigenvalue weighted by Gasteiger charge is 2.18. The zero-order valence-corrected chi connectivity index (χ0v) is 17.7. The molecule has 0 radical (unpaired) electrons. The molecule has 154 valence electrons. The van der Waals surface area contributed by atoms with E-state index in [0.29, 0.717) is 66.6 Å². The van der Waals surface area contributed by atoms with Crippen LogP contribution in [0, 0.1) is 0 Å². The van der Waals surface area contributed by atoms with Crippen molar-refractivity contribution in [3.05, 3.63) is 58.1 Å². The van der Waals surface area contributed by atoms with Gasteiger partial charge in [0.25, 0.3) is 11.8 Å². The first-order valence-corrected chi connectivity index (χ1v) is 10.1. The van der Waals surface area contributed by atoms with E-state index in [4.69, 9.17) is 14.2 Å². The normalized spacial score (nSPS) is 13.8. The highest BCUT2D eigenvalue weighted by Crippen LogP contribution is 2.26. The molecule has 0 aliphatic carbocycles. The minimum Gasteiger partial charge on any atom is -0.490 e. The standard InChI is InChI=1S/C21H23BrN2O5/c1-27-12-13-29-19-7-4-16(14-18(19)22)20(25)23-17-5-2-15(3-6-17)21(26)24-8-10-28-11-9-24/h2-7,14H,8-13H2,1H3,(H,23,25). The molecule has 1 aliphatic heterocycles. The molecule has 29 heavy (non-hydrogen) atoms. The largest absolute Gasteiger partial charge is 0.490 e. The summed E-state index contributed by atoms with van der Waals surface area (Å²) in [7, 11) is 1.61. The van der Waals surface area contributed by atoms with E-state index in [-0.39, 0.29) is 11.8 Å². The lowest BCUT2D eigenvalue weighted by Gasteiger charge is -2.26. The molecule has 3 rings (SSSR count). The molecular weight excluding hydrogens is 440 g/mol. The van der Waals surface area contributed by atoms with Gasteiger partial charge >= 0.3 is 0 Å². The minimum atomic E-state index is -0.249. The first-order valence-electron chi connectivity index (χ1n) is 9.28. The third kappa shape index (κ3) is 5.79. The van der Waals surface area contributed by atoms with E-state index in [1.54, 1.807) is 54.5 Å². The van der Waals surface area contributed by atoms with Gasteiger partial charge in [-0.05, 0) is 58.4 Å². The molecule has 7 nitrogen and oxygen atoms in total. The number of carbonyl (C=O) groups excluding carboxylic acids is 2. The van der Waals surface area contributed by atoms with E-state index in [2.05, 4.69) is 21.2 Å². The van der Waals surface area contributed by atoms with E-state index in [9.17, 15) is 9.59 Å². The zero-order chi connectivity index (χ0) is 20.6. The Labute approximate surface area is 178 Å². The Hall–Kier alpha value is -2.42. The minimum absolute atomic E-state index is 0.0285. The summed E-state index contributed by atoms with van der Waals surface area (Å²) in [4.78, 5) is 26.8. The van der Waals surface area contributed by atoms with Crippen LogP contribution in [0.2, 0.25) is 0 Å². The molecule has 0 atom stereocenters. The van der Waals surface area contributed by atoms with Gasteiger partial charge < -0.3 is 24.4 Å². The maximum Gasteiger partial charge on any atom is 0.255 e. The van der Waals surface area contributed by atoms with Crippen LogP contribution >= 0.6 is 15.9 Å². The van der Waals surface area contributed by atoms with E-state index in [0.717, 1.165) is 0 Å². The molecule has 2 aromatic rings. The summed E-state index contributed by atoms with van der Waals surface area (Å²) in [5.74, 6) is 0.366. The highest BCUT2D eigenvalue weighted by molar-refractivity contribution is 9.10. The number of nitrogens with one attached hydrogen (secondary N) is 1.